The first-order chi connectivity index (χ1) is 6.43. The van der Waals surface area contributed by atoms with Crippen LogP contribution in [0, 0.1) is 17.6 Å². The third kappa shape index (κ3) is 2.02. The molecule has 1 heterocycles. The van der Waals surface area contributed by atoms with Crippen molar-refractivity contribution in [1.29, 1.82) is 0 Å². The Balaban J connectivity index is 3.15. The summed E-state index contributed by atoms with van der Waals surface area (Å²) in [5.74, 6) is -3.89. The zero-order valence-corrected chi connectivity index (χ0v) is 7.34. The molecule has 0 amide bonds. The molecular weight excluding hydrogens is 197 g/mol. The molecule has 0 unspecified atom stereocenters. The van der Waals surface area contributed by atoms with Crippen LogP contribution in [0.25, 0.3) is 0 Å². The molecule has 0 aliphatic rings. The molecule has 14 heavy (non-hydrogen) atoms. The van der Waals surface area contributed by atoms with Crippen molar-refractivity contribution >= 4 is 0 Å². The average Bonchev–Trinajstić information content (AvgIpc) is 2.10. The van der Waals surface area contributed by atoms with Crippen molar-refractivity contribution in [3.63, 3.8) is 0 Å². The molecule has 3 N–H and O–H groups in total. The van der Waals surface area contributed by atoms with Crippen molar-refractivity contribution in [2.45, 2.75) is 19.1 Å². The van der Waals surface area contributed by atoms with Crippen LogP contribution < -0.4 is 5.73 Å². The van der Waals surface area contributed by atoms with E-state index in [9.17, 15) is 13.2 Å². The molecule has 0 saturated heterocycles. The van der Waals surface area contributed by atoms with Gasteiger partial charge in [0, 0.05) is 6.07 Å². The van der Waals surface area contributed by atoms with Crippen LogP contribution in [0.1, 0.15) is 18.7 Å². The number of nitrogens with zero attached hydrogens (tertiary/aromatic N) is 1. The van der Waals surface area contributed by atoms with Crippen LogP contribution in [0.3, 0.4) is 0 Å². The second-order valence-corrected chi connectivity index (χ2v) is 2.89. The molecule has 2 atom stereocenters. The summed E-state index contributed by atoms with van der Waals surface area (Å²) in [5, 5.41) is 9.01. The lowest BCUT2D eigenvalue weighted by Gasteiger charge is -2.14. The van der Waals surface area contributed by atoms with Crippen LogP contribution in [-0.4, -0.2) is 16.2 Å². The van der Waals surface area contributed by atoms with E-state index in [0.29, 0.717) is 6.07 Å². The highest BCUT2D eigenvalue weighted by Crippen LogP contribution is 2.17. The van der Waals surface area contributed by atoms with Gasteiger partial charge in [-0.2, -0.15) is 4.39 Å². The fourth-order valence-corrected chi connectivity index (χ4v) is 0.920. The molecule has 0 bridgehead atoms. The molecule has 78 valence electrons. The molecule has 0 radical (unpaired) electrons. The van der Waals surface area contributed by atoms with Gasteiger partial charge in [0.1, 0.15) is 5.82 Å². The number of hydrogen-bond acceptors (Lipinski definition) is 3. The first-order valence-corrected chi connectivity index (χ1v) is 3.88. The fourth-order valence-electron chi connectivity index (χ4n) is 0.920. The highest BCUT2D eigenvalue weighted by Gasteiger charge is 2.20. The standard InChI is InChI=1S/C8H9F3N2O/c1-3(14)6(12)7-4(9)2-5(10)8(11)13-7/h2-3,6,14H,12H2,1H3/t3-,6-/m1/s1. The average molecular weight is 206 g/mol. The Hall–Kier alpha value is -1.14. The van der Waals surface area contributed by atoms with Crippen molar-refractivity contribution in [3.8, 4) is 0 Å². The van der Waals surface area contributed by atoms with Gasteiger partial charge in [-0.05, 0) is 6.92 Å². The van der Waals surface area contributed by atoms with E-state index in [1.165, 1.54) is 6.92 Å². The lowest BCUT2D eigenvalue weighted by Crippen LogP contribution is -2.26. The monoisotopic (exact) mass is 206 g/mol. The van der Waals surface area contributed by atoms with Gasteiger partial charge >= 0.3 is 0 Å². The van der Waals surface area contributed by atoms with E-state index in [2.05, 4.69) is 4.98 Å². The van der Waals surface area contributed by atoms with Crippen molar-refractivity contribution < 1.29 is 18.3 Å². The first-order valence-electron chi connectivity index (χ1n) is 3.88. The van der Waals surface area contributed by atoms with Gasteiger partial charge in [-0.1, -0.05) is 0 Å². The Bertz CT molecular complexity index is 344. The van der Waals surface area contributed by atoms with Gasteiger partial charge in [-0.3, -0.25) is 0 Å². The number of pyridine rings is 1. The topological polar surface area (TPSA) is 59.1 Å². The molecule has 0 saturated carbocycles. The smallest absolute Gasteiger partial charge is 0.249 e. The third-order valence-corrected chi connectivity index (χ3v) is 1.75. The summed E-state index contributed by atoms with van der Waals surface area (Å²) in [7, 11) is 0. The number of aliphatic hydroxyl groups excluding tert-OH is 1. The number of aliphatic hydroxyl groups is 1. The Morgan fingerprint density at radius 2 is 1.93 bits per heavy atom. The van der Waals surface area contributed by atoms with Gasteiger partial charge in [-0.15, -0.1) is 0 Å². The van der Waals surface area contributed by atoms with Crippen LogP contribution in [0.15, 0.2) is 6.07 Å². The summed E-state index contributed by atoms with van der Waals surface area (Å²) in [5.41, 5.74) is 4.83. The quantitative estimate of drug-likeness (QED) is 0.706. The summed E-state index contributed by atoms with van der Waals surface area (Å²) in [6.45, 7) is 1.30. The number of aromatic nitrogens is 1. The predicted octanol–water partition coefficient (Wildman–Crippen LogP) is 0.879. The molecule has 3 nitrogen and oxygen atoms in total. The maximum Gasteiger partial charge on any atom is 0.249 e. The summed E-state index contributed by atoms with van der Waals surface area (Å²) < 4.78 is 38.0. The van der Waals surface area contributed by atoms with E-state index < -0.39 is 35.4 Å². The van der Waals surface area contributed by atoms with E-state index >= 15 is 0 Å². The molecule has 0 aromatic carbocycles. The Labute approximate surface area is 78.4 Å². The van der Waals surface area contributed by atoms with Crippen molar-refractivity contribution in [1.82, 2.24) is 4.98 Å². The molecular formula is C8H9F3N2O. The van der Waals surface area contributed by atoms with Crippen molar-refractivity contribution in [3.05, 3.63) is 29.3 Å². The third-order valence-electron chi connectivity index (χ3n) is 1.75. The maximum atomic E-state index is 13.0. The van der Waals surface area contributed by atoms with Gasteiger partial charge in [0.05, 0.1) is 17.8 Å². The fraction of sp³-hybridized carbons (Fsp3) is 0.375. The molecule has 1 aromatic rings. The molecule has 6 heteroatoms. The van der Waals surface area contributed by atoms with Gasteiger partial charge in [0.2, 0.25) is 5.95 Å². The molecule has 0 aliphatic carbocycles. The Morgan fingerprint density at radius 3 is 2.43 bits per heavy atom. The minimum absolute atomic E-state index is 0.347. The number of hydrogen-bond donors (Lipinski definition) is 2. The Kier molecular flexibility index (Phi) is 3.07. The normalized spacial score (nSPS) is 15.3. The van der Waals surface area contributed by atoms with Crippen molar-refractivity contribution in [2.24, 2.45) is 5.73 Å². The van der Waals surface area contributed by atoms with Crippen LogP contribution in [0.2, 0.25) is 0 Å². The van der Waals surface area contributed by atoms with Crippen LogP contribution in [-0.2, 0) is 0 Å². The van der Waals surface area contributed by atoms with E-state index in [-0.39, 0.29) is 0 Å². The van der Waals surface area contributed by atoms with E-state index in [1.807, 2.05) is 0 Å². The minimum Gasteiger partial charge on any atom is -0.391 e. The number of halogens is 3. The summed E-state index contributed by atoms with van der Waals surface area (Å²) in [6.07, 6.45) is -1.10. The molecule has 1 aromatic heterocycles. The van der Waals surface area contributed by atoms with E-state index in [1.54, 1.807) is 0 Å². The predicted molar refractivity (Wildman–Crippen MR) is 42.7 cm³/mol. The van der Waals surface area contributed by atoms with Gasteiger partial charge in [0.25, 0.3) is 0 Å². The second-order valence-electron chi connectivity index (χ2n) is 2.89. The lowest BCUT2D eigenvalue weighted by molar-refractivity contribution is 0.159. The number of nitrogens with two attached hydrogens (primary N) is 1. The van der Waals surface area contributed by atoms with Crippen molar-refractivity contribution in [2.75, 3.05) is 0 Å². The van der Waals surface area contributed by atoms with Crippen LogP contribution >= 0.6 is 0 Å². The first kappa shape index (κ1) is 10.9. The van der Waals surface area contributed by atoms with Gasteiger partial charge in [-0.25, -0.2) is 13.8 Å². The molecule has 0 fully saturated rings. The number of rotatable bonds is 2. The lowest BCUT2D eigenvalue weighted by atomic mass is 10.1. The van der Waals surface area contributed by atoms with Crippen LogP contribution in [0.5, 0.6) is 0 Å². The summed E-state index contributed by atoms with van der Waals surface area (Å²) in [6, 6.07) is -0.829. The van der Waals surface area contributed by atoms with E-state index in [4.69, 9.17) is 10.8 Å². The minimum atomic E-state index is -1.43. The second kappa shape index (κ2) is 3.93. The zero-order valence-electron chi connectivity index (χ0n) is 7.34. The molecule has 1 rings (SSSR count). The van der Waals surface area contributed by atoms with E-state index in [0.717, 1.165) is 0 Å². The SMILES string of the molecule is C[C@@H](O)[C@@H](N)c1nc(F)c(F)cc1F. The van der Waals surface area contributed by atoms with Crippen LogP contribution in [0.4, 0.5) is 13.2 Å². The highest BCUT2D eigenvalue weighted by molar-refractivity contribution is 5.14. The molecule has 0 spiro atoms. The highest BCUT2D eigenvalue weighted by atomic mass is 19.2. The molecule has 0 aliphatic heterocycles. The van der Waals surface area contributed by atoms with Gasteiger partial charge < -0.3 is 10.8 Å². The largest absolute Gasteiger partial charge is 0.391 e. The Morgan fingerprint density at radius 1 is 1.36 bits per heavy atom. The zero-order chi connectivity index (χ0) is 10.9. The van der Waals surface area contributed by atoms with Gasteiger partial charge in [0.15, 0.2) is 5.82 Å². The summed E-state index contributed by atoms with van der Waals surface area (Å²) >= 11 is 0. The summed E-state index contributed by atoms with van der Waals surface area (Å²) in [4.78, 5) is 2.99. The maximum absolute atomic E-state index is 13.0.